The zero-order valence-corrected chi connectivity index (χ0v) is 14.5. The Morgan fingerprint density at radius 2 is 2.21 bits per heavy atom. The summed E-state index contributed by atoms with van der Waals surface area (Å²) in [6.07, 6.45) is 5.31. The van der Waals surface area contributed by atoms with E-state index in [9.17, 15) is 0 Å². The van der Waals surface area contributed by atoms with Crippen LogP contribution in [0, 0.1) is 17.2 Å². The van der Waals surface area contributed by atoms with Crippen molar-refractivity contribution in [2.45, 2.75) is 12.8 Å². The fourth-order valence-corrected chi connectivity index (χ4v) is 3.25. The molecule has 1 aliphatic rings. The van der Waals surface area contributed by atoms with Crippen molar-refractivity contribution in [2.24, 2.45) is 5.92 Å². The van der Waals surface area contributed by atoms with Crippen LogP contribution in [0.3, 0.4) is 0 Å². The van der Waals surface area contributed by atoms with Crippen LogP contribution < -0.4 is 9.64 Å². The lowest BCUT2D eigenvalue weighted by atomic mass is 9.99. The van der Waals surface area contributed by atoms with Gasteiger partial charge in [-0.3, -0.25) is 0 Å². The van der Waals surface area contributed by atoms with Crippen LogP contribution in [-0.4, -0.2) is 29.7 Å². The SMILES string of the molecule is N#Cc1cnc(N2CCCC(COc3ncccc3Cl)C2)c(Cl)c1. The van der Waals surface area contributed by atoms with Gasteiger partial charge in [-0.2, -0.15) is 5.26 Å². The molecule has 1 unspecified atom stereocenters. The number of hydrogen-bond donors (Lipinski definition) is 0. The standard InChI is InChI=1S/C17H16Cl2N4O/c18-14-4-1-5-21-17(14)24-11-12-3-2-6-23(10-12)16-15(19)7-13(8-20)9-22-16/h1,4-5,7,9,12H,2-3,6,10-11H2. The molecule has 1 atom stereocenters. The molecule has 0 aliphatic carbocycles. The van der Waals surface area contributed by atoms with E-state index in [0.29, 0.717) is 34.0 Å². The molecule has 124 valence electrons. The van der Waals surface area contributed by atoms with E-state index in [1.165, 1.54) is 0 Å². The molecule has 5 nitrogen and oxygen atoms in total. The molecule has 3 heterocycles. The highest BCUT2D eigenvalue weighted by Crippen LogP contribution is 2.29. The summed E-state index contributed by atoms with van der Waals surface area (Å²) in [5.41, 5.74) is 0.463. The summed E-state index contributed by atoms with van der Waals surface area (Å²) in [4.78, 5) is 10.6. The Labute approximate surface area is 150 Å². The third-order valence-electron chi connectivity index (χ3n) is 3.95. The molecule has 2 aromatic heterocycles. The van der Waals surface area contributed by atoms with Gasteiger partial charge in [0.15, 0.2) is 0 Å². The second-order valence-electron chi connectivity index (χ2n) is 5.70. The molecule has 2 aromatic rings. The number of nitrogens with zero attached hydrogens (tertiary/aromatic N) is 4. The van der Waals surface area contributed by atoms with E-state index in [-0.39, 0.29) is 0 Å². The van der Waals surface area contributed by atoms with Crippen LogP contribution in [0.2, 0.25) is 10.0 Å². The van der Waals surface area contributed by atoms with Gasteiger partial charge in [-0.25, -0.2) is 9.97 Å². The van der Waals surface area contributed by atoms with Gasteiger partial charge in [0.2, 0.25) is 5.88 Å². The molecule has 1 aliphatic heterocycles. The summed E-state index contributed by atoms with van der Waals surface area (Å²) in [5, 5.41) is 9.93. The number of pyridine rings is 2. The molecule has 3 rings (SSSR count). The Kier molecular flexibility index (Phi) is 5.39. The Balaban J connectivity index is 1.64. The van der Waals surface area contributed by atoms with Crippen molar-refractivity contribution in [2.75, 3.05) is 24.6 Å². The molecule has 0 spiro atoms. The van der Waals surface area contributed by atoms with Gasteiger partial charge in [-0.15, -0.1) is 0 Å². The van der Waals surface area contributed by atoms with Crippen LogP contribution in [0.1, 0.15) is 18.4 Å². The van der Waals surface area contributed by atoms with E-state index >= 15 is 0 Å². The van der Waals surface area contributed by atoms with Crippen LogP contribution in [-0.2, 0) is 0 Å². The number of aromatic nitrogens is 2. The number of hydrogen-bond acceptors (Lipinski definition) is 5. The predicted octanol–water partition coefficient (Wildman–Crippen LogP) is 3.95. The van der Waals surface area contributed by atoms with Crippen LogP contribution >= 0.6 is 23.2 Å². The Bertz CT molecular complexity index is 762. The molecule has 0 bridgehead atoms. The molecule has 7 heteroatoms. The third kappa shape index (κ3) is 3.89. The molecule has 0 saturated carbocycles. The molecule has 0 aromatic carbocycles. The zero-order chi connectivity index (χ0) is 16.9. The predicted molar refractivity (Wildman–Crippen MR) is 93.6 cm³/mol. The first-order valence-corrected chi connectivity index (χ1v) is 8.47. The van der Waals surface area contributed by atoms with E-state index < -0.39 is 0 Å². The maximum Gasteiger partial charge on any atom is 0.232 e. The van der Waals surface area contributed by atoms with E-state index in [2.05, 4.69) is 14.9 Å². The molecule has 0 N–H and O–H groups in total. The summed E-state index contributed by atoms with van der Waals surface area (Å²) in [6, 6.07) is 7.23. The molecule has 1 saturated heterocycles. The molecular weight excluding hydrogens is 347 g/mol. The van der Waals surface area contributed by atoms with Crippen LogP contribution in [0.5, 0.6) is 5.88 Å². The average Bonchev–Trinajstić information content (AvgIpc) is 2.61. The van der Waals surface area contributed by atoms with Crippen molar-refractivity contribution in [1.29, 1.82) is 5.26 Å². The van der Waals surface area contributed by atoms with Crippen molar-refractivity contribution >= 4 is 29.0 Å². The number of rotatable bonds is 4. The maximum atomic E-state index is 8.91. The highest BCUT2D eigenvalue weighted by Gasteiger charge is 2.23. The monoisotopic (exact) mass is 362 g/mol. The molecule has 24 heavy (non-hydrogen) atoms. The summed E-state index contributed by atoms with van der Waals surface area (Å²) < 4.78 is 5.76. The van der Waals surface area contributed by atoms with Gasteiger partial charge in [0.05, 0.1) is 17.2 Å². The summed E-state index contributed by atoms with van der Waals surface area (Å²) in [7, 11) is 0. The normalized spacial score (nSPS) is 17.4. The van der Waals surface area contributed by atoms with Crippen molar-refractivity contribution in [3.8, 4) is 11.9 Å². The second-order valence-corrected chi connectivity index (χ2v) is 6.51. The fraction of sp³-hybridized carbons (Fsp3) is 0.353. The summed E-state index contributed by atoms with van der Waals surface area (Å²) >= 11 is 12.3. The van der Waals surface area contributed by atoms with E-state index in [1.807, 2.05) is 6.07 Å². The topological polar surface area (TPSA) is 62.0 Å². The third-order valence-corrected chi connectivity index (χ3v) is 4.52. The number of anilines is 1. The summed E-state index contributed by atoms with van der Waals surface area (Å²) in [6.45, 7) is 2.23. The maximum absolute atomic E-state index is 8.91. The van der Waals surface area contributed by atoms with Crippen molar-refractivity contribution < 1.29 is 4.74 Å². The first-order chi connectivity index (χ1) is 11.7. The van der Waals surface area contributed by atoms with Crippen molar-refractivity contribution in [1.82, 2.24) is 9.97 Å². The zero-order valence-electron chi connectivity index (χ0n) is 13.0. The second kappa shape index (κ2) is 7.69. The number of ether oxygens (including phenoxy) is 1. The largest absolute Gasteiger partial charge is 0.476 e. The van der Waals surface area contributed by atoms with E-state index in [0.717, 1.165) is 31.7 Å². The first kappa shape index (κ1) is 16.8. The average molecular weight is 363 g/mol. The van der Waals surface area contributed by atoms with Gasteiger partial charge in [-0.1, -0.05) is 23.2 Å². The van der Waals surface area contributed by atoms with Gasteiger partial charge in [0.25, 0.3) is 0 Å². The Morgan fingerprint density at radius 3 is 2.96 bits per heavy atom. The number of halogens is 2. The minimum Gasteiger partial charge on any atom is -0.476 e. The lowest BCUT2D eigenvalue weighted by Gasteiger charge is -2.33. The van der Waals surface area contributed by atoms with Crippen molar-refractivity contribution in [3.05, 3.63) is 46.2 Å². The first-order valence-electron chi connectivity index (χ1n) is 7.71. The Morgan fingerprint density at radius 1 is 1.33 bits per heavy atom. The fourth-order valence-electron chi connectivity index (χ4n) is 2.79. The van der Waals surface area contributed by atoms with Gasteiger partial charge >= 0.3 is 0 Å². The summed E-state index contributed by atoms with van der Waals surface area (Å²) in [5.74, 6) is 1.52. The Hall–Kier alpha value is -2.03. The van der Waals surface area contributed by atoms with Crippen LogP contribution in [0.15, 0.2) is 30.6 Å². The molecule has 1 fully saturated rings. The minimum absolute atomic E-state index is 0.338. The van der Waals surface area contributed by atoms with E-state index in [4.69, 9.17) is 33.2 Å². The van der Waals surface area contributed by atoms with Gasteiger partial charge in [0, 0.05) is 31.4 Å². The number of piperidine rings is 1. The van der Waals surface area contributed by atoms with Gasteiger partial charge in [-0.05, 0) is 31.0 Å². The van der Waals surface area contributed by atoms with Gasteiger partial charge < -0.3 is 9.64 Å². The molecular formula is C17H16Cl2N4O. The lowest BCUT2D eigenvalue weighted by Crippen LogP contribution is -2.38. The number of nitriles is 1. The van der Waals surface area contributed by atoms with Crippen LogP contribution in [0.4, 0.5) is 5.82 Å². The highest BCUT2D eigenvalue weighted by molar-refractivity contribution is 6.33. The van der Waals surface area contributed by atoms with Crippen LogP contribution in [0.25, 0.3) is 0 Å². The minimum atomic E-state index is 0.338. The lowest BCUT2D eigenvalue weighted by molar-refractivity contribution is 0.221. The van der Waals surface area contributed by atoms with Gasteiger partial charge in [0.1, 0.15) is 16.9 Å². The van der Waals surface area contributed by atoms with Crippen molar-refractivity contribution in [3.63, 3.8) is 0 Å². The highest BCUT2D eigenvalue weighted by atomic mass is 35.5. The van der Waals surface area contributed by atoms with E-state index in [1.54, 1.807) is 30.6 Å². The smallest absolute Gasteiger partial charge is 0.232 e. The molecule has 0 amide bonds. The molecule has 0 radical (unpaired) electrons. The quantitative estimate of drug-likeness (QED) is 0.823.